The summed E-state index contributed by atoms with van der Waals surface area (Å²) in [6, 6.07) is 12.7. The lowest BCUT2D eigenvalue weighted by Crippen LogP contribution is -2.57. The molecular weight excluding hydrogens is 612 g/mol. The van der Waals surface area contributed by atoms with Gasteiger partial charge in [-0.2, -0.15) is 5.26 Å². The fourth-order valence-electron chi connectivity index (χ4n) is 7.26. The smallest absolute Gasteiger partial charge is 0.410 e. The zero-order chi connectivity index (χ0) is 33.3. The fourth-order valence-corrected chi connectivity index (χ4v) is 7.53. The summed E-state index contributed by atoms with van der Waals surface area (Å²) in [5.74, 6) is 0.301. The van der Waals surface area contributed by atoms with Crippen molar-refractivity contribution in [1.82, 2.24) is 14.8 Å². The Morgan fingerprint density at radius 3 is 2.66 bits per heavy atom. The van der Waals surface area contributed by atoms with E-state index < -0.39 is 17.7 Å². The number of nitriles is 1. The van der Waals surface area contributed by atoms with Crippen LogP contribution in [0.2, 0.25) is 5.02 Å². The van der Waals surface area contributed by atoms with E-state index >= 15 is 0 Å². The molecule has 3 heterocycles. The summed E-state index contributed by atoms with van der Waals surface area (Å²) < 4.78 is 12.1. The monoisotopic (exact) mass is 654 g/mol. The molecule has 0 spiro atoms. The minimum absolute atomic E-state index is 0.113. The molecule has 2 aliphatic heterocycles. The van der Waals surface area contributed by atoms with Crippen LogP contribution in [-0.2, 0) is 17.6 Å². The van der Waals surface area contributed by atoms with E-state index in [1.54, 1.807) is 4.90 Å². The highest BCUT2D eigenvalue weighted by molar-refractivity contribution is 6.34. The number of aryl methyl sites for hydroxylation is 1. The first-order valence-corrected chi connectivity index (χ1v) is 17.0. The number of likely N-dealkylation sites (N-methyl/N-ethyl adjacent to an activating group) is 1. The highest BCUT2D eigenvalue weighted by Gasteiger charge is 2.37. The molecule has 2 atom stereocenters. The second-order valence-electron chi connectivity index (χ2n) is 14.0. The van der Waals surface area contributed by atoms with Gasteiger partial charge in [-0.25, -0.2) is 16.4 Å². The normalized spacial score (nSPS) is 20.1. The Labute approximate surface area is 282 Å². The van der Waals surface area contributed by atoms with Crippen LogP contribution in [0.15, 0.2) is 30.3 Å². The van der Waals surface area contributed by atoms with Gasteiger partial charge in [0.25, 0.3) is 0 Å². The standard InChI is InChI=1S/C37H43ClN6O3/c1-37(2,3)47-36(45)44-17-16-43(22-26(44)21-40-4)34-30-18-32(38)29(28-14-8-11-24-10-6-7-13-27(24)28)19-33(30)41-35(31(34)20-39)46-23-25-12-9-15-42(25)5/h8,11,14,18-19,25-26H,6-7,9-10,12-13,15-17,21-23H2,1-3,5H3/t25-,26-/m0/s1. The predicted molar refractivity (Wildman–Crippen MR) is 185 cm³/mol. The number of benzene rings is 2. The number of hydrogen-bond acceptors (Lipinski definition) is 7. The molecule has 2 saturated heterocycles. The average molecular weight is 655 g/mol. The van der Waals surface area contributed by atoms with Crippen LogP contribution in [-0.4, -0.2) is 84.9 Å². The van der Waals surface area contributed by atoms with Crippen molar-refractivity contribution in [2.75, 3.05) is 51.3 Å². The number of aromatic nitrogens is 1. The Morgan fingerprint density at radius 1 is 1.13 bits per heavy atom. The Bertz CT molecular complexity index is 1760. The molecule has 0 N–H and O–H groups in total. The molecule has 0 unspecified atom stereocenters. The molecule has 0 bridgehead atoms. The summed E-state index contributed by atoms with van der Waals surface area (Å²) in [5.41, 5.74) is 5.81. The molecule has 10 heteroatoms. The van der Waals surface area contributed by atoms with Crippen LogP contribution in [0.25, 0.3) is 26.9 Å². The molecule has 0 saturated carbocycles. The number of carbonyl (C=O) groups excluding carboxylic acids is 1. The predicted octanol–water partition coefficient (Wildman–Crippen LogP) is 7.12. The van der Waals surface area contributed by atoms with E-state index in [0.717, 1.165) is 55.2 Å². The molecule has 1 aromatic heterocycles. The van der Waals surface area contributed by atoms with Gasteiger partial charge in [-0.05, 0) is 102 Å². The lowest BCUT2D eigenvalue weighted by atomic mass is 9.85. The van der Waals surface area contributed by atoms with E-state index in [2.05, 4.69) is 46.0 Å². The van der Waals surface area contributed by atoms with E-state index in [1.807, 2.05) is 32.9 Å². The van der Waals surface area contributed by atoms with Crippen molar-refractivity contribution in [2.45, 2.75) is 77.0 Å². The first-order chi connectivity index (χ1) is 22.6. The van der Waals surface area contributed by atoms with Crippen LogP contribution in [0.1, 0.15) is 63.1 Å². The summed E-state index contributed by atoms with van der Waals surface area (Å²) in [4.78, 5) is 27.8. The lowest BCUT2D eigenvalue weighted by Gasteiger charge is -2.41. The highest BCUT2D eigenvalue weighted by atomic mass is 35.5. The second kappa shape index (κ2) is 13.6. The van der Waals surface area contributed by atoms with Crippen LogP contribution < -0.4 is 9.64 Å². The van der Waals surface area contributed by atoms with E-state index in [9.17, 15) is 10.1 Å². The van der Waals surface area contributed by atoms with E-state index in [4.69, 9.17) is 32.6 Å². The quantitative estimate of drug-likeness (QED) is 0.262. The van der Waals surface area contributed by atoms with Gasteiger partial charge in [-0.15, -0.1) is 0 Å². The van der Waals surface area contributed by atoms with Crippen molar-refractivity contribution >= 4 is 34.3 Å². The number of piperazine rings is 1. The molecular formula is C37H43ClN6O3. The zero-order valence-electron chi connectivity index (χ0n) is 27.8. The molecule has 9 nitrogen and oxygen atoms in total. The van der Waals surface area contributed by atoms with Gasteiger partial charge in [0.05, 0.1) is 11.2 Å². The van der Waals surface area contributed by atoms with Crippen molar-refractivity contribution in [2.24, 2.45) is 0 Å². The summed E-state index contributed by atoms with van der Waals surface area (Å²) >= 11 is 7.12. The third kappa shape index (κ3) is 6.84. The van der Waals surface area contributed by atoms with Gasteiger partial charge in [0.15, 0.2) is 0 Å². The highest BCUT2D eigenvalue weighted by Crippen LogP contribution is 2.42. The van der Waals surface area contributed by atoms with Crippen LogP contribution >= 0.6 is 11.6 Å². The SMILES string of the molecule is [C-]#[N+]C[C@H]1CN(c2c(C#N)c(OC[C@@H]3CCCN3C)nc3cc(-c4cccc5c4CCCC5)c(Cl)cc23)CCN1C(=O)OC(C)(C)C. The number of fused-ring (bicyclic) bond motifs is 2. The van der Waals surface area contributed by atoms with E-state index in [1.165, 1.54) is 17.5 Å². The number of nitrogens with zero attached hydrogens (tertiary/aromatic N) is 6. The third-order valence-corrected chi connectivity index (χ3v) is 9.94. The van der Waals surface area contributed by atoms with E-state index in [-0.39, 0.29) is 12.6 Å². The van der Waals surface area contributed by atoms with Crippen LogP contribution in [0.3, 0.4) is 0 Å². The van der Waals surface area contributed by atoms with Crippen molar-refractivity contribution in [1.29, 1.82) is 5.26 Å². The number of amides is 1. The van der Waals surface area contributed by atoms with E-state index in [0.29, 0.717) is 53.9 Å². The van der Waals surface area contributed by atoms with Crippen molar-refractivity contribution < 1.29 is 14.3 Å². The van der Waals surface area contributed by atoms with Crippen LogP contribution in [0.4, 0.5) is 10.5 Å². The number of hydrogen-bond donors (Lipinski definition) is 0. The summed E-state index contributed by atoms with van der Waals surface area (Å²) in [5, 5.41) is 12.0. The molecule has 246 valence electrons. The molecule has 3 aromatic rings. The minimum Gasteiger partial charge on any atom is -0.475 e. The lowest BCUT2D eigenvalue weighted by molar-refractivity contribution is 0.0156. The van der Waals surface area contributed by atoms with Gasteiger partial charge in [0.1, 0.15) is 29.9 Å². The first-order valence-electron chi connectivity index (χ1n) is 16.7. The number of carbonyl (C=O) groups is 1. The Kier molecular flexibility index (Phi) is 9.50. The molecule has 0 radical (unpaired) electrons. The number of ether oxygens (including phenoxy) is 2. The van der Waals surface area contributed by atoms with Gasteiger partial charge in [-0.1, -0.05) is 29.8 Å². The molecule has 3 aliphatic rings. The van der Waals surface area contributed by atoms with Gasteiger partial charge in [0, 0.05) is 41.6 Å². The number of likely N-dealkylation sites (tertiary alicyclic amines) is 1. The number of anilines is 1. The molecule has 47 heavy (non-hydrogen) atoms. The summed E-state index contributed by atoms with van der Waals surface area (Å²) in [6.45, 7) is 15.8. The fraction of sp³-hybridized carbons (Fsp3) is 0.514. The van der Waals surface area contributed by atoms with Crippen molar-refractivity contribution in [3.05, 3.63) is 63.5 Å². The summed E-state index contributed by atoms with van der Waals surface area (Å²) in [7, 11) is 2.10. The third-order valence-electron chi connectivity index (χ3n) is 9.62. The first kappa shape index (κ1) is 32.9. The largest absolute Gasteiger partial charge is 0.475 e. The molecule has 2 aromatic carbocycles. The molecule has 2 fully saturated rings. The number of pyridine rings is 1. The van der Waals surface area contributed by atoms with Gasteiger partial charge in [0.2, 0.25) is 12.4 Å². The Morgan fingerprint density at radius 2 is 1.94 bits per heavy atom. The van der Waals surface area contributed by atoms with Crippen LogP contribution in [0, 0.1) is 17.9 Å². The number of rotatable bonds is 6. The Hall–Kier alpha value is -4.05. The maximum Gasteiger partial charge on any atom is 0.410 e. The van der Waals surface area contributed by atoms with Crippen molar-refractivity contribution in [3.8, 4) is 23.1 Å². The molecule has 6 rings (SSSR count). The minimum atomic E-state index is -0.655. The van der Waals surface area contributed by atoms with Crippen LogP contribution in [0.5, 0.6) is 5.88 Å². The Balaban J connectivity index is 1.45. The maximum absolute atomic E-state index is 13.2. The molecule has 1 aliphatic carbocycles. The van der Waals surface area contributed by atoms with Crippen molar-refractivity contribution in [3.63, 3.8) is 0 Å². The second-order valence-corrected chi connectivity index (χ2v) is 14.4. The summed E-state index contributed by atoms with van der Waals surface area (Å²) in [6.07, 6.45) is 6.13. The number of halogens is 1. The zero-order valence-corrected chi connectivity index (χ0v) is 28.6. The van der Waals surface area contributed by atoms with Gasteiger partial charge in [-0.3, -0.25) is 4.90 Å². The van der Waals surface area contributed by atoms with Gasteiger partial charge < -0.3 is 24.1 Å². The average Bonchev–Trinajstić information content (AvgIpc) is 3.46. The van der Waals surface area contributed by atoms with Gasteiger partial charge >= 0.3 is 6.09 Å². The topological polar surface area (TPSA) is 86.3 Å². The maximum atomic E-state index is 13.2. The molecule has 1 amide bonds.